The van der Waals surface area contributed by atoms with Crippen LogP contribution in [0, 0.1) is 0 Å². The van der Waals surface area contributed by atoms with Crippen LogP contribution in [-0.4, -0.2) is 62.5 Å². The predicted molar refractivity (Wildman–Crippen MR) is 96.3 cm³/mol. The number of carbonyl (C=O) groups is 1. The molecule has 0 spiro atoms. The Kier molecular flexibility index (Phi) is 6.90. The number of rotatable bonds is 5. The number of aliphatic imine (C=N–C) groups is 1. The monoisotopic (exact) mass is 332 g/mol. The molecule has 24 heavy (non-hydrogen) atoms. The van der Waals surface area contributed by atoms with Gasteiger partial charge in [0.2, 0.25) is 5.91 Å². The summed E-state index contributed by atoms with van der Waals surface area (Å²) in [7, 11) is 5.35. The molecule has 2 rings (SSSR count). The van der Waals surface area contributed by atoms with Gasteiger partial charge in [-0.3, -0.25) is 9.79 Å². The van der Waals surface area contributed by atoms with Crippen molar-refractivity contribution in [2.24, 2.45) is 4.99 Å². The van der Waals surface area contributed by atoms with Gasteiger partial charge >= 0.3 is 0 Å². The summed E-state index contributed by atoms with van der Waals surface area (Å²) in [6, 6.07) is 7.91. The first kappa shape index (κ1) is 18.1. The Balaban J connectivity index is 1.89. The van der Waals surface area contributed by atoms with Crippen molar-refractivity contribution < 1.29 is 9.53 Å². The molecule has 1 fully saturated rings. The van der Waals surface area contributed by atoms with Crippen molar-refractivity contribution >= 4 is 11.9 Å². The van der Waals surface area contributed by atoms with Gasteiger partial charge in [0.1, 0.15) is 5.75 Å². The number of hydrogen-bond acceptors (Lipinski definition) is 3. The molecule has 132 valence electrons. The van der Waals surface area contributed by atoms with Crippen molar-refractivity contribution in [1.29, 1.82) is 0 Å². The molecule has 6 heteroatoms. The number of benzene rings is 1. The molecule has 0 aliphatic carbocycles. The quantitative estimate of drug-likeness (QED) is 0.659. The van der Waals surface area contributed by atoms with E-state index in [1.54, 1.807) is 14.2 Å². The minimum atomic E-state index is 0.140. The van der Waals surface area contributed by atoms with Crippen LogP contribution < -0.4 is 10.1 Å². The number of para-hydroxylation sites is 1. The van der Waals surface area contributed by atoms with Gasteiger partial charge in [-0.2, -0.15) is 0 Å². The zero-order chi connectivity index (χ0) is 17.4. The maximum atomic E-state index is 12.3. The lowest BCUT2D eigenvalue weighted by molar-refractivity contribution is -0.130. The largest absolute Gasteiger partial charge is 0.496 e. The van der Waals surface area contributed by atoms with Gasteiger partial charge in [0, 0.05) is 39.3 Å². The summed E-state index contributed by atoms with van der Waals surface area (Å²) >= 11 is 0. The first-order valence-electron chi connectivity index (χ1n) is 8.47. The minimum Gasteiger partial charge on any atom is -0.496 e. The van der Waals surface area contributed by atoms with Crippen LogP contribution in [0.3, 0.4) is 0 Å². The van der Waals surface area contributed by atoms with E-state index < -0.39 is 0 Å². The molecule has 6 nitrogen and oxygen atoms in total. The third-order valence-electron chi connectivity index (χ3n) is 4.28. The lowest BCUT2D eigenvalue weighted by atomic mass is 10.1. The second kappa shape index (κ2) is 9.15. The Hall–Kier alpha value is -2.24. The third-order valence-corrected chi connectivity index (χ3v) is 4.28. The maximum absolute atomic E-state index is 12.3. The van der Waals surface area contributed by atoms with Gasteiger partial charge in [-0.15, -0.1) is 0 Å². The molecular formula is C18H28N4O2. The molecule has 1 N–H and O–H groups in total. The van der Waals surface area contributed by atoms with Crippen molar-refractivity contribution in [2.75, 3.05) is 40.8 Å². The van der Waals surface area contributed by atoms with Crippen LogP contribution in [0.2, 0.25) is 0 Å². The van der Waals surface area contributed by atoms with E-state index in [1.165, 1.54) is 6.42 Å². The standard InChI is InChI=1S/C18H28N4O2/c1-19-18(20-13-17(23)22-11-7-4-8-12-22)21(2)14-15-9-5-6-10-16(15)24-3/h5-6,9-10H,4,7-8,11-14H2,1-3H3,(H,19,20). The molecule has 0 bridgehead atoms. The number of piperidine rings is 1. The summed E-state index contributed by atoms with van der Waals surface area (Å²) in [5, 5.41) is 3.17. The fourth-order valence-corrected chi connectivity index (χ4v) is 2.96. The number of guanidine groups is 1. The number of nitrogens with zero attached hydrogens (tertiary/aromatic N) is 3. The highest BCUT2D eigenvalue weighted by Crippen LogP contribution is 2.18. The smallest absolute Gasteiger partial charge is 0.241 e. The SMILES string of the molecule is CN=C(NCC(=O)N1CCCCC1)N(C)Cc1ccccc1OC. The molecular weight excluding hydrogens is 304 g/mol. The summed E-state index contributed by atoms with van der Waals surface area (Å²) in [5.74, 6) is 1.69. The van der Waals surface area contributed by atoms with Crippen molar-refractivity contribution in [3.63, 3.8) is 0 Å². The summed E-state index contributed by atoms with van der Waals surface area (Å²) in [5.41, 5.74) is 1.08. The molecule has 1 aliphatic heterocycles. The number of nitrogens with one attached hydrogen (secondary N) is 1. The van der Waals surface area contributed by atoms with E-state index in [4.69, 9.17) is 4.74 Å². The molecule has 1 aromatic rings. The number of hydrogen-bond donors (Lipinski definition) is 1. The van der Waals surface area contributed by atoms with Gasteiger partial charge in [-0.1, -0.05) is 18.2 Å². The zero-order valence-corrected chi connectivity index (χ0v) is 14.9. The average Bonchev–Trinajstić information content (AvgIpc) is 2.63. The summed E-state index contributed by atoms with van der Waals surface area (Å²) in [6.07, 6.45) is 3.43. The van der Waals surface area contributed by atoms with Gasteiger partial charge in [0.25, 0.3) is 0 Å². The van der Waals surface area contributed by atoms with Gasteiger partial charge < -0.3 is 19.9 Å². The fraction of sp³-hybridized carbons (Fsp3) is 0.556. The summed E-state index contributed by atoms with van der Waals surface area (Å²) < 4.78 is 5.39. The van der Waals surface area contributed by atoms with E-state index in [0.29, 0.717) is 12.5 Å². The van der Waals surface area contributed by atoms with E-state index in [0.717, 1.165) is 37.2 Å². The molecule has 0 atom stereocenters. The predicted octanol–water partition coefficient (Wildman–Crippen LogP) is 1.71. The van der Waals surface area contributed by atoms with E-state index in [9.17, 15) is 4.79 Å². The molecule has 1 saturated heterocycles. The summed E-state index contributed by atoms with van der Waals surface area (Å²) in [6.45, 7) is 2.68. The van der Waals surface area contributed by atoms with Crippen LogP contribution in [-0.2, 0) is 11.3 Å². The fourth-order valence-electron chi connectivity index (χ4n) is 2.96. The summed E-state index contributed by atoms with van der Waals surface area (Å²) in [4.78, 5) is 20.5. The van der Waals surface area contributed by atoms with E-state index in [-0.39, 0.29) is 12.5 Å². The molecule has 1 amide bonds. The first-order chi connectivity index (χ1) is 11.7. The number of ether oxygens (including phenoxy) is 1. The molecule has 0 unspecified atom stereocenters. The van der Waals surface area contributed by atoms with Crippen molar-refractivity contribution in [3.8, 4) is 5.75 Å². The van der Waals surface area contributed by atoms with E-state index in [2.05, 4.69) is 10.3 Å². The minimum absolute atomic E-state index is 0.140. The lowest BCUT2D eigenvalue weighted by Crippen LogP contribution is -2.46. The zero-order valence-electron chi connectivity index (χ0n) is 14.9. The second-order valence-corrected chi connectivity index (χ2v) is 6.01. The number of amides is 1. The van der Waals surface area contributed by atoms with Crippen LogP contribution in [0.15, 0.2) is 29.3 Å². The Bertz CT molecular complexity index is 568. The van der Waals surface area contributed by atoms with Crippen molar-refractivity contribution in [1.82, 2.24) is 15.1 Å². The van der Waals surface area contributed by atoms with Crippen molar-refractivity contribution in [3.05, 3.63) is 29.8 Å². The van der Waals surface area contributed by atoms with Crippen LogP contribution in [0.1, 0.15) is 24.8 Å². The van der Waals surface area contributed by atoms with Crippen LogP contribution in [0.25, 0.3) is 0 Å². The molecule has 1 aromatic carbocycles. The normalized spacial score (nSPS) is 15.1. The first-order valence-corrected chi connectivity index (χ1v) is 8.47. The molecule has 0 aromatic heterocycles. The average molecular weight is 332 g/mol. The maximum Gasteiger partial charge on any atom is 0.241 e. The molecule has 1 aliphatic rings. The second-order valence-electron chi connectivity index (χ2n) is 6.01. The highest BCUT2D eigenvalue weighted by atomic mass is 16.5. The van der Waals surface area contributed by atoms with Gasteiger partial charge in [0.05, 0.1) is 13.7 Å². The highest BCUT2D eigenvalue weighted by molar-refractivity contribution is 5.86. The topological polar surface area (TPSA) is 57.2 Å². The molecule has 1 heterocycles. The number of methoxy groups -OCH3 is 1. The Morgan fingerprint density at radius 1 is 1.29 bits per heavy atom. The van der Waals surface area contributed by atoms with E-state index in [1.807, 2.05) is 41.1 Å². The van der Waals surface area contributed by atoms with E-state index >= 15 is 0 Å². The lowest BCUT2D eigenvalue weighted by Gasteiger charge is -2.28. The van der Waals surface area contributed by atoms with Crippen LogP contribution >= 0.6 is 0 Å². The van der Waals surface area contributed by atoms with Gasteiger partial charge in [-0.05, 0) is 25.3 Å². The third kappa shape index (κ3) is 4.88. The number of likely N-dealkylation sites (tertiary alicyclic amines) is 1. The Morgan fingerprint density at radius 3 is 2.67 bits per heavy atom. The van der Waals surface area contributed by atoms with Crippen LogP contribution in [0.4, 0.5) is 0 Å². The van der Waals surface area contributed by atoms with Gasteiger partial charge in [-0.25, -0.2) is 0 Å². The van der Waals surface area contributed by atoms with Crippen molar-refractivity contribution in [2.45, 2.75) is 25.8 Å². The Labute approximate surface area is 144 Å². The van der Waals surface area contributed by atoms with Gasteiger partial charge in [0.15, 0.2) is 5.96 Å². The highest BCUT2D eigenvalue weighted by Gasteiger charge is 2.17. The molecule has 0 saturated carbocycles. The number of carbonyl (C=O) groups excluding carboxylic acids is 1. The molecule has 0 radical (unpaired) electrons. The van der Waals surface area contributed by atoms with Crippen LogP contribution in [0.5, 0.6) is 5.75 Å². The Morgan fingerprint density at radius 2 is 2.00 bits per heavy atom.